The third kappa shape index (κ3) is 8.52. The first-order valence-corrected chi connectivity index (χ1v) is 9.39. The van der Waals surface area contributed by atoms with Crippen LogP contribution >= 0.6 is 11.6 Å². The Morgan fingerprint density at radius 2 is 1.59 bits per heavy atom. The van der Waals surface area contributed by atoms with E-state index in [1.54, 1.807) is 58.9 Å². The average molecular weight is 400 g/mol. The van der Waals surface area contributed by atoms with Gasteiger partial charge in [-0.2, -0.15) is 0 Å². The van der Waals surface area contributed by atoms with Crippen LogP contribution in [-0.2, 0) is 14.3 Å². The lowest BCUT2D eigenvalue weighted by molar-refractivity contribution is -0.156. The molecule has 7 heteroatoms. The number of hydrogen-bond donors (Lipinski definition) is 1. The number of carbonyl (C=O) groups excluding carboxylic acids is 2. The van der Waals surface area contributed by atoms with Crippen molar-refractivity contribution in [3.63, 3.8) is 0 Å². The molecular formula is C20H30ClNO5. The molecule has 1 aromatic rings. The van der Waals surface area contributed by atoms with Crippen LogP contribution < -0.4 is 10.1 Å². The van der Waals surface area contributed by atoms with Crippen LogP contribution in [0.2, 0.25) is 5.02 Å². The van der Waals surface area contributed by atoms with Crippen LogP contribution in [0.1, 0.15) is 48.5 Å². The maximum atomic E-state index is 12.3. The molecule has 152 valence electrons. The van der Waals surface area contributed by atoms with Crippen molar-refractivity contribution in [2.45, 2.75) is 72.3 Å². The lowest BCUT2D eigenvalue weighted by atomic mass is 10.0. The number of amides is 1. The highest BCUT2D eigenvalue weighted by molar-refractivity contribution is 6.30. The Kier molecular flexibility index (Phi) is 8.41. The predicted molar refractivity (Wildman–Crippen MR) is 105 cm³/mol. The molecule has 27 heavy (non-hydrogen) atoms. The fraction of sp³-hybridized carbons (Fsp3) is 0.600. The molecule has 6 nitrogen and oxygen atoms in total. The summed E-state index contributed by atoms with van der Waals surface area (Å²) in [5.74, 6) is 0.178. The van der Waals surface area contributed by atoms with Gasteiger partial charge in [0, 0.05) is 5.02 Å². The minimum atomic E-state index is -0.842. The molecule has 0 unspecified atom stereocenters. The Morgan fingerprint density at radius 3 is 2.07 bits per heavy atom. The highest BCUT2D eigenvalue weighted by atomic mass is 35.5. The second-order valence-corrected chi connectivity index (χ2v) is 8.23. The maximum Gasteiger partial charge on any atom is 0.408 e. The predicted octanol–water partition coefficient (Wildman–Crippen LogP) is 4.59. The molecule has 0 aliphatic carbocycles. The highest BCUT2D eigenvalue weighted by Crippen LogP contribution is 2.22. The normalized spacial score (nSPS) is 14.9. The molecule has 1 N–H and O–H groups in total. The Bertz CT molecular complexity index is 624. The molecule has 3 atom stereocenters. The van der Waals surface area contributed by atoms with E-state index in [1.807, 2.05) is 13.8 Å². The largest absolute Gasteiger partial charge is 0.486 e. The summed E-state index contributed by atoms with van der Waals surface area (Å²) < 4.78 is 16.6. The van der Waals surface area contributed by atoms with Gasteiger partial charge in [-0.1, -0.05) is 25.4 Å². The number of nitrogens with one attached hydrogen (secondary N) is 1. The molecule has 0 bridgehead atoms. The minimum Gasteiger partial charge on any atom is -0.486 e. The Labute approximate surface area is 166 Å². The standard InChI is InChI=1S/C20H30ClNO5/c1-12(2)17(26-16-10-8-15(21)9-11-16)14(4)25-18(23)13(3)22-19(24)27-20(5,6)7/h8-14,17H,1-7H3,(H,22,24)/t13-,14-,17+/m0/s1. The number of halogens is 1. The van der Waals surface area contributed by atoms with E-state index in [9.17, 15) is 9.59 Å². The molecule has 1 aromatic carbocycles. The summed E-state index contributed by atoms with van der Waals surface area (Å²) in [6.07, 6.45) is -1.54. The molecule has 0 aliphatic heterocycles. The Balaban J connectivity index is 2.66. The first-order chi connectivity index (χ1) is 12.4. The summed E-state index contributed by atoms with van der Waals surface area (Å²) in [4.78, 5) is 24.1. The van der Waals surface area contributed by atoms with Gasteiger partial charge in [0.15, 0.2) is 0 Å². The van der Waals surface area contributed by atoms with Crippen molar-refractivity contribution in [1.82, 2.24) is 5.32 Å². The van der Waals surface area contributed by atoms with Crippen LogP contribution in [0.15, 0.2) is 24.3 Å². The van der Waals surface area contributed by atoms with Crippen molar-refractivity contribution in [3.8, 4) is 5.75 Å². The number of alkyl carbamates (subject to hydrolysis) is 1. The maximum absolute atomic E-state index is 12.3. The van der Waals surface area contributed by atoms with Crippen molar-refractivity contribution in [1.29, 1.82) is 0 Å². The molecule has 0 fully saturated rings. The monoisotopic (exact) mass is 399 g/mol. The quantitative estimate of drug-likeness (QED) is 0.679. The first-order valence-electron chi connectivity index (χ1n) is 9.01. The molecular weight excluding hydrogens is 370 g/mol. The van der Waals surface area contributed by atoms with Crippen LogP contribution in [0, 0.1) is 5.92 Å². The molecule has 1 amide bonds. The lowest BCUT2D eigenvalue weighted by Crippen LogP contribution is -2.45. The molecule has 0 aliphatic rings. The van der Waals surface area contributed by atoms with Crippen molar-refractivity contribution < 1.29 is 23.8 Å². The van der Waals surface area contributed by atoms with Gasteiger partial charge in [0.05, 0.1) is 0 Å². The van der Waals surface area contributed by atoms with Crippen LogP contribution in [0.5, 0.6) is 5.75 Å². The molecule has 1 rings (SSSR count). The average Bonchev–Trinajstić information content (AvgIpc) is 2.51. The van der Waals surface area contributed by atoms with Gasteiger partial charge >= 0.3 is 12.1 Å². The second kappa shape index (κ2) is 9.83. The van der Waals surface area contributed by atoms with Crippen molar-refractivity contribution in [3.05, 3.63) is 29.3 Å². The van der Waals surface area contributed by atoms with E-state index in [0.29, 0.717) is 10.8 Å². The fourth-order valence-electron chi connectivity index (χ4n) is 2.34. The van der Waals surface area contributed by atoms with E-state index < -0.39 is 29.8 Å². The number of rotatable bonds is 7. The van der Waals surface area contributed by atoms with Crippen molar-refractivity contribution in [2.24, 2.45) is 5.92 Å². The van der Waals surface area contributed by atoms with Gasteiger partial charge < -0.3 is 19.5 Å². The number of hydrogen-bond acceptors (Lipinski definition) is 5. The summed E-state index contributed by atoms with van der Waals surface area (Å²) in [6.45, 7) is 12.5. The van der Waals surface area contributed by atoms with E-state index in [-0.39, 0.29) is 12.0 Å². The zero-order valence-corrected chi connectivity index (χ0v) is 17.8. The third-order valence-electron chi connectivity index (χ3n) is 3.59. The molecule has 0 radical (unpaired) electrons. The summed E-state index contributed by atoms with van der Waals surface area (Å²) in [6, 6.07) is 6.15. The number of benzene rings is 1. The molecule has 0 heterocycles. The summed E-state index contributed by atoms with van der Waals surface area (Å²) in [5, 5.41) is 3.09. The zero-order valence-electron chi connectivity index (χ0n) is 17.0. The smallest absolute Gasteiger partial charge is 0.408 e. The van der Waals surface area contributed by atoms with Crippen molar-refractivity contribution >= 4 is 23.7 Å². The number of carbonyl (C=O) groups is 2. The van der Waals surface area contributed by atoms with Gasteiger partial charge in [-0.05, 0) is 64.8 Å². The van der Waals surface area contributed by atoms with Crippen LogP contribution in [0.3, 0.4) is 0 Å². The summed E-state index contributed by atoms with van der Waals surface area (Å²) in [5.41, 5.74) is -0.643. The minimum absolute atomic E-state index is 0.0950. The number of ether oxygens (including phenoxy) is 3. The third-order valence-corrected chi connectivity index (χ3v) is 3.85. The molecule has 0 saturated carbocycles. The van der Waals surface area contributed by atoms with Gasteiger partial charge in [-0.3, -0.25) is 0 Å². The van der Waals surface area contributed by atoms with E-state index in [1.165, 1.54) is 0 Å². The van der Waals surface area contributed by atoms with Gasteiger partial charge in [-0.25, -0.2) is 9.59 Å². The Hall–Kier alpha value is -1.95. The SMILES string of the molecule is CC(C)[C@@H](Oc1ccc(Cl)cc1)[C@H](C)OC(=O)[C@H](C)NC(=O)OC(C)(C)C. The summed E-state index contributed by atoms with van der Waals surface area (Å²) >= 11 is 5.89. The first kappa shape index (κ1) is 23.1. The van der Waals surface area contributed by atoms with E-state index in [2.05, 4.69) is 5.32 Å². The van der Waals surface area contributed by atoms with Gasteiger partial charge in [0.2, 0.25) is 0 Å². The van der Waals surface area contributed by atoms with Crippen LogP contribution in [-0.4, -0.2) is 35.9 Å². The second-order valence-electron chi connectivity index (χ2n) is 7.79. The lowest BCUT2D eigenvalue weighted by Gasteiger charge is -2.29. The highest BCUT2D eigenvalue weighted by Gasteiger charge is 2.29. The van der Waals surface area contributed by atoms with Crippen molar-refractivity contribution in [2.75, 3.05) is 0 Å². The van der Waals surface area contributed by atoms with E-state index >= 15 is 0 Å². The van der Waals surface area contributed by atoms with Gasteiger partial charge in [-0.15, -0.1) is 0 Å². The zero-order chi connectivity index (χ0) is 20.8. The van der Waals surface area contributed by atoms with Gasteiger partial charge in [0.1, 0.15) is 29.6 Å². The van der Waals surface area contributed by atoms with Crippen LogP contribution in [0.4, 0.5) is 4.79 Å². The molecule has 0 saturated heterocycles. The van der Waals surface area contributed by atoms with E-state index in [4.69, 9.17) is 25.8 Å². The molecule has 0 spiro atoms. The summed E-state index contributed by atoms with van der Waals surface area (Å²) in [7, 11) is 0. The van der Waals surface area contributed by atoms with E-state index in [0.717, 1.165) is 0 Å². The van der Waals surface area contributed by atoms with Crippen LogP contribution in [0.25, 0.3) is 0 Å². The molecule has 0 aromatic heterocycles. The topological polar surface area (TPSA) is 73.9 Å². The van der Waals surface area contributed by atoms with Gasteiger partial charge in [0.25, 0.3) is 0 Å². The Morgan fingerprint density at radius 1 is 1.04 bits per heavy atom. The number of esters is 1. The fourth-order valence-corrected chi connectivity index (χ4v) is 2.47.